The number of fused-ring (bicyclic) bond motifs is 2. The van der Waals surface area contributed by atoms with E-state index in [-0.39, 0.29) is 10.7 Å². The molecule has 0 aliphatic heterocycles. The van der Waals surface area contributed by atoms with Crippen molar-refractivity contribution in [3.63, 3.8) is 0 Å². The van der Waals surface area contributed by atoms with Crippen LogP contribution in [0.2, 0.25) is 0 Å². The molecule has 0 radical (unpaired) electrons. The molecule has 3 rings (SSSR count). The topological polar surface area (TPSA) is 38.7 Å². The maximum absolute atomic E-state index is 13.6. The molecule has 0 atom stereocenters. The van der Waals surface area contributed by atoms with Gasteiger partial charge in [-0.05, 0) is 11.8 Å². The summed E-state index contributed by atoms with van der Waals surface area (Å²) in [4.78, 5) is 4.08. The molecule has 2 aromatic heterocycles. The van der Waals surface area contributed by atoms with Gasteiger partial charge in [-0.3, -0.25) is 0 Å². The third-order valence-electron chi connectivity index (χ3n) is 3.23. The van der Waals surface area contributed by atoms with Crippen LogP contribution in [0.4, 0.5) is 4.39 Å². The van der Waals surface area contributed by atoms with Crippen molar-refractivity contribution in [2.45, 2.75) is 39.5 Å². The van der Waals surface area contributed by atoms with E-state index >= 15 is 0 Å². The molecule has 0 bridgehead atoms. The van der Waals surface area contributed by atoms with Crippen LogP contribution < -0.4 is 0 Å². The van der Waals surface area contributed by atoms with Gasteiger partial charge in [0.2, 0.25) is 0 Å². The number of halogens is 1. The molecule has 19 heavy (non-hydrogen) atoms. The van der Waals surface area contributed by atoms with E-state index in [1.807, 2.05) is 6.92 Å². The molecule has 100 valence electrons. The molecule has 0 saturated carbocycles. The van der Waals surface area contributed by atoms with E-state index in [1.54, 1.807) is 0 Å². The molecule has 0 spiro atoms. The summed E-state index contributed by atoms with van der Waals surface area (Å²) in [6, 6.07) is 0. The standard InChI is InChI=1S/C13H14FN3S2/c1-5-6-8-10(17-19-16-8)7(13(2,3)4)11-9(6)15-12(14)18-11/h5H2,1-4H3. The number of nitrogens with zero attached hydrogens (tertiary/aromatic N) is 3. The van der Waals surface area contributed by atoms with Gasteiger partial charge in [-0.1, -0.05) is 39.0 Å². The second kappa shape index (κ2) is 4.18. The largest absolute Gasteiger partial charge is 0.270 e. The van der Waals surface area contributed by atoms with Gasteiger partial charge in [0.1, 0.15) is 11.0 Å². The Morgan fingerprint density at radius 2 is 1.79 bits per heavy atom. The minimum atomic E-state index is -0.383. The van der Waals surface area contributed by atoms with Crippen LogP contribution in [0.1, 0.15) is 38.8 Å². The molecule has 0 amide bonds. The van der Waals surface area contributed by atoms with Crippen LogP contribution in [0, 0.1) is 5.26 Å². The molecule has 0 unspecified atom stereocenters. The number of aryl methyl sites for hydroxylation is 1. The van der Waals surface area contributed by atoms with Gasteiger partial charge in [0.25, 0.3) is 5.26 Å². The Bertz CT molecular complexity index is 767. The Kier molecular flexibility index (Phi) is 2.83. The first-order valence-corrected chi connectivity index (χ1v) is 7.71. The Hall–Kier alpha value is -1.14. The number of thiazole rings is 1. The van der Waals surface area contributed by atoms with Crippen LogP contribution in [0.15, 0.2) is 0 Å². The number of rotatable bonds is 1. The molecule has 2 heterocycles. The number of hydrogen-bond acceptors (Lipinski definition) is 5. The predicted octanol–water partition coefficient (Wildman–Crippen LogP) is 4.30. The average Bonchev–Trinajstić information content (AvgIpc) is 2.88. The van der Waals surface area contributed by atoms with Crippen molar-refractivity contribution in [1.29, 1.82) is 0 Å². The Labute approximate surface area is 118 Å². The van der Waals surface area contributed by atoms with Crippen LogP contribution in [0.25, 0.3) is 21.3 Å². The Balaban J connectivity index is 2.60. The summed E-state index contributed by atoms with van der Waals surface area (Å²) in [5.74, 6) is 0. The van der Waals surface area contributed by atoms with E-state index < -0.39 is 0 Å². The maximum Gasteiger partial charge on any atom is 0.270 e. The average molecular weight is 295 g/mol. The number of aromatic nitrogens is 3. The molecule has 3 nitrogen and oxygen atoms in total. The number of hydrogen-bond donors (Lipinski definition) is 0. The molecule has 0 aliphatic rings. The smallest absolute Gasteiger partial charge is 0.209 e. The highest BCUT2D eigenvalue weighted by molar-refractivity contribution is 7.17. The van der Waals surface area contributed by atoms with Gasteiger partial charge in [-0.25, -0.2) is 4.98 Å². The lowest BCUT2D eigenvalue weighted by Gasteiger charge is -2.20. The minimum absolute atomic E-state index is 0.114. The van der Waals surface area contributed by atoms with Gasteiger partial charge in [0.15, 0.2) is 0 Å². The molecule has 1 aromatic carbocycles. The summed E-state index contributed by atoms with van der Waals surface area (Å²) in [6.45, 7) is 8.39. The molecule has 0 fully saturated rings. The minimum Gasteiger partial charge on any atom is -0.209 e. The third-order valence-corrected chi connectivity index (χ3v) is 4.62. The fourth-order valence-electron chi connectivity index (χ4n) is 2.47. The summed E-state index contributed by atoms with van der Waals surface area (Å²) in [7, 11) is 0. The Morgan fingerprint density at radius 1 is 1.11 bits per heavy atom. The van der Waals surface area contributed by atoms with Crippen molar-refractivity contribution in [3.8, 4) is 0 Å². The summed E-state index contributed by atoms with van der Waals surface area (Å²) < 4.78 is 23.4. The highest BCUT2D eigenvalue weighted by Gasteiger charge is 2.27. The monoisotopic (exact) mass is 295 g/mol. The van der Waals surface area contributed by atoms with E-state index in [0.717, 1.165) is 50.1 Å². The van der Waals surface area contributed by atoms with Gasteiger partial charge < -0.3 is 0 Å². The van der Waals surface area contributed by atoms with Crippen molar-refractivity contribution in [3.05, 3.63) is 16.4 Å². The van der Waals surface area contributed by atoms with Crippen LogP contribution in [0.3, 0.4) is 0 Å². The van der Waals surface area contributed by atoms with Crippen molar-refractivity contribution >= 4 is 44.3 Å². The zero-order valence-electron chi connectivity index (χ0n) is 11.2. The SMILES string of the molecule is CCc1c2nsnc2c(C(C)(C)C)c2sc(F)nc12. The second-order valence-electron chi connectivity index (χ2n) is 5.56. The molecular weight excluding hydrogens is 281 g/mol. The normalized spacial score (nSPS) is 12.7. The summed E-state index contributed by atoms with van der Waals surface area (Å²) in [6.07, 6.45) is 0.784. The van der Waals surface area contributed by atoms with Gasteiger partial charge >= 0.3 is 0 Å². The van der Waals surface area contributed by atoms with Crippen LogP contribution in [0.5, 0.6) is 0 Å². The number of benzene rings is 1. The zero-order chi connectivity index (χ0) is 13.8. The van der Waals surface area contributed by atoms with Gasteiger partial charge in [-0.15, -0.1) is 0 Å². The summed E-state index contributed by atoms with van der Waals surface area (Å²) >= 11 is 2.33. The van der Waals surface area contributed by atoms with Crippen LogP contribution in [-0.2, 0) is 11.8 Å². The molecular formula is C13H14FN3S2. The summed E-state index contributed by atoms with van der Waals surface area (Å²) in [5, 5.41) is -0.383. The fourth-order valence-corrected chi connectivity index (χ4v) is 4.12. The Morgan fingerprint density at radius 3 is 2.42 bits per heavy atom. The van der Waals surface area contributed by atoms with Crippen molar-refractivity contribution < 1.29 is 4.39 Å². The van der Waals surface area contributed by atoms with Gasteiger partial charge in [-0.2, -0.15) is 13.1 Å². The molecule has 6 heteroatoms. The van der Waals surface area contributed by atoms with Crippen LogP contribution in [-0.4, -0.2) is 13.7 Å². The summed E-state index contributed by atoms with van der Waals surface area (Å²) in [5.41, 5.74) is 4.50. The second-order valence-corrected chi connectivity index (χ2v) is 7.04. The van der Waals surface area contributed by atoms with Crippen molar-refractivity contribution in [1.82, 2.24) is 13.7 Å². The van der Waals surface area contributed by atoms with E-state index in [1.165, 1.54) is 11.7 Å². The highest BCUT2D eigenvalue weighted by Crippen LogP contribution is 2.40. The first-order chi connectivity index (χ1) is 8.93. The lowest BCUT2D eigenvalue weighted by atomic mass is 9.84. The van der Waals surface area contributed by atoms with Crippen molar-refractivity contribution in [2.75, 3.05) is 0 Å². The molecule has 0 aliphatic carbocycles. The quantitative estimate of drug-likeness (QED) is 0.672. The maximum atomic E-state index is 13.6. The van der Waals surface area contributed by atoms with Crippen LogP contribution >= 0.6 is 23.1 Å². The van der Waals surface area contributed by atoms with E-state index in [0.29, 0.717) is 0 Å². The molecule has 0 saturated heterocycles. The lowest BCUT2D eigenvalue weighted by Crippen LogP contribution is -2.12. The van der Waals surface area contributed by atoms with E-state index in [4.69, 9.17) is 0 Å². The van der Waals surface area contributed by atoms with E-state index in [9.17, 15) is 4.39 Å². The van der Waals surface area contributed by atoms with E-state index in [2.05, 4.69) is 34.5 Å². The predicted molar refractivity (Wildman–Crippen MR) is 78.6 cm³/mol. The van der Waals surface area contributed by atoms with Gasteiger partial charge in [0.05, 0.1) is 21.9 Å². The lowest BCUT2D eigenvalue weighted by molar-refractivity contribution is 0.601. The fraction of sp³-hybridized carbons (Fsp3) is 0.462. The molecule has 3 aromatic rings. The molecule has 0 N–H and O–H groups in total. The zero-order valence-corrected chi connectivity index (χ0v) is 12.9. The first kappa shape index (κ1) is 12.9. The first-order valence-electron chi connectivity index (χ1n) is 6.17. The van der Waals surface area contributed by atoms with Gasteiger partial charge in [0, 0.05) is 11.1 Å². The highest BCUT2D eigenvalue weighted by atomic mass is 32.1. The third kappa shape index (κ3) is 1.85. The van der Waals surface area contributed by atoms with Crippen molar-refractivity contribution in [2.24, 2.45) is 0 Å².